The smallest absolute Gasteiger partial charge is 0.247 e. The summed E-state index contributed by atoms with van der Waals surface area (Å²) in [6.45, 7) is 5.58. The summed E-state index contributed by atoms with van der Waals surface area (Å²) in [5, 5.41) is 11.0. The molecule has 2 aromatic carbocycles. The van der Waals surface area contributed by atoms with Crippen molar-refractivity contribution in [1.29, 1.82) is 0 Å². The summed E-state index contributed by atoms with van der Waals surface area (Å²) in [6, 6.07) is 14.7. The molecule has 1 saturated heterocycles. The molecule has 8 heteroatoms. The van der Waals surface area contributed by atoms with Gasteiger partial charge in [0.1, 0.15) is 5.82 Å². The molecule has 0 radical (unpaired) electrons. The summed E-state index contributed by atoms with van der Waals surface area (Å²) in [5.41, 5.74) is 2.16. The third-order valence-corrected chi connectivity index (χ3v) is 5.54. The number of ether oxygens (including phenoxy) is 1. The molecule has 0 aliphatic carbocycles. The van der Waals surface area contributed by atoms with E-state index in [1.165, 1.54) is 6.07 Å². The van der Waals surface area contributed by atoms with E-state index in [1.807, 2.05) is 55.1 Å². The summed E-state index contributed by atoms with van der Waals surface area (Å²) in [7, 11) is 0. The molecule has 33 heavy (non-hydrogen) atoms. The van der Waals surface area contributed by atoms with Crippen molar-refractivity contribution in [2.75, 3.05) is 18.0 Å². The summed E-state index contributed by atoms with van der Waals surface area (Å²) in [6.07, 6.45) is 1.55. The van der Waals surface area contributed by atoms with Crippen molar-refractivity contribution in [2.45, 2.75) is 51.9 Å². The van der Waals surface area contributed by atoms with Gasteiger partial charge in [-0.3, -0.25) is 4.79 Å². The number of nitrogens with one attached hydrogen (secondary N) is 1. The average Bonchev–Trinajstić information content (AvgIpc) is 3.27. The van der Waals surface area contributed by atoms with Crippen LogP contribution in [0, 0.1) is 5.82 Å². The number of morpholine rings is 1. The van der Waals surface area contributed by atoms with Gasteiger partial charge in [0.05, 0.1) is 17.9 Å². The van der Waals surface area contributed by atoms with Crippen LogP contribution in [-0.4, -0.2) is 41.4 Å². The average molecular weight is 453 g/mol. The van der Waals surface area contributed by atoms with Crippen molar-refractivity contribution in [3.63, 3.8) is 0 Å². The maximum atomic E-state index is 14.7. The van der Waals surface area contributed by atoms with Gasteiger partial charge in [-0.05, 0) is 50.1 Å². The fourth-order valence-electron chi connectivity index (χ4n) is 4.03. The van der Waals surface area contributed by atoms with Crippen molar-refractivity contribution < 1.29 is 18.3 Å². The molecule has 2 atom stereocenters. The van der Waals surface area contributed by atoms with E-state index in [0.717, 1.165) is 11.1 Å². The van der Waals surface area contributed by atoms with E-state index in [2.05, 4.69) is 15.5 Å². The van der Waals surface area contributed by atoms with E-state index < -0.39 is 0 Å². The number of nitrogens with zero attached hydrogens (tertiary/aromatic N) is 3. The standard InChI is InChI=1S/C25H29FN4O3/c1-17-15-30(16-18(2)32-17)22-12-11-19(13-21(22)26)14-27-23(31)9-6-10-24-28-29-25(33-24)20-7-4-3-5-8-20/h3-5,7-8,11-13,17-18H,6,9-10,14-16H2,1-2H3,(H,27,31). The summed E-state index contributed by atoms with van der Waals surface area (Å²) in [5.74, 6) is 0.597. The third-order valence-electron chi connectivity index (χ3n) is 5.54. The second-order valence-electron chi connectivity index (χ2n) is 8.45. The minimum Gasteiger partial charge on any atom is -0.421 e. The second-order valence-corrected chi connectivity index (χ2v) is 8.45. The minimum absolute atomic E-state index is 0.0594. The van der Waals surface area contributed by atoms with E-state index in [0.29, 0.717) is 49.8 Å². The molecule has 1 amide bonds. The number of hydrogen-bond donors (Lipinski definition) is 1. The van der Waals surface area contributed by atoms with Gasteiger partial charge in [0.25, 0.3) is 0 Å². The van der Waals surface area contributed by atoms with E-state index in [1.54, 1.807) is 6.07 Å². The van der Waals surface area contributed by atoms with Gasteiger partial charge in [0.15, 0.2) is 0 Å². The Morgan fingerprint density at radius 3 is 2.61 bits per heavy atom. The number of halogens is 1. The minimum atomic E-state index is -0.284. The lowest BCUT2D eigenvalue weighted by atomic mass is 10.1. The van der Waals surface area contributed by atoms with Crippen molar-refractivity contribution in [3.8, 4) is 11.5 Å². The SMILES string of the molecule is CC1CN(c2ccc(CNC(=O)CCCc3nnc(-c4ccccc4)o3)cc2F)CC(C)O1. The lowest BCUT2D eigenvalue weighted by molar-refractivity contribution is -0.121. The fourth-order valence-corrected chi connectivity index (χ4v) is 4.03. The van der Waals surface area contributed by atoms with Crippen molar-refractivity contribution in [2.24, 2.45) is 0 Å². The van der Waals surface area contributed by atoms with Crippen LogP contribution in [0.25, 0.3) is 11.5 Å². The highest BCUT2D eigenvalue weighted by atomic mass is 19.1. The number of carbonyl (C=O) groups is 1. The van der Waals surface area contributed by atoms with Crippen LogP contribution in [0.3, 0.4) is 0 Å². The Morgan fingerprint density at radius 2 is 1.88 bits per heavy atom. The highest BCUT2D eigenvalue weighted by Crippen LogP contribution is 2.24. The zero-order valence-corrected chi connectivity index (χ0v) is 19.0. The zero-order chi connectivity index (χ0) is 23.2. The molecule has 1 aliphatic rings. The highest BCUT2D eigenvalue weighted by molar-refractivity contribution is 5.75. The third kappa shape index (κ3) is 6.16. The molecule has 0 saturated carbocycles. The van der Waals surface area contributed by atoms with Crippen molar-refractivity contribution in [3.05, 3.63) is 65.8 Å². The number of carbonyl (C=O) groups excluding carboxylic acids is 1. The van der Waals surface area contributed by atoms with Crippen molar-refractivity contribution >= 4 is 11.6 Å². The van der Waals surface area contributed by atoms with Crippen LogP contribution in [0.15, 0.2) is 52.9 Å². The molecular formula is C25H29FN4O3. The molecule has 1 aromatic heterocycles. The molecule has 1 fully saturated rings. The second kappa shape index (κ2) is 10.6. The number of anilines is 1. The van der Waals surface area contributed by atoms with Gasteiger partial charge in [-0.1, -0.05) is 24.3 Å². The fraction of sp³-hybridized carbons (Fsp3) is 0.400. The van der Waals surface area contributed by atoms with Crippen LogP contribution in [-0.2, 0) is 22.5 Å². The quantitative estimate of drug-likeness (QED) is 0.554. The first-order valence-corrected chi connectivity index (χ1v) is 11.3. The lowest BCUT2D eigenvalue weighted by Gasteiger charge is -2.37. The number of benzene rings is 2. The Labute approximate surface area is 193 Å². The van der Waals surface area contributed by atoms with Gasteiger partial charge < -0.3 is 19.4 Å². The Hall–Kier alpha value is -3.26. The first-order chi connectivity index (χ1) is 16.0. The number of aryl methyl sites for hydroxylation is 1. The summed E-state index contributed by atoms with van der Waals surface area (Å²) in [4.78, 5) is 14.2. The van der Waals surface area contributed by atoms with E-state index in [-0.39, 0.29) is 30.5 Å². The van der Waals surface area contributed by atoms with Gasteiger partial charge in [-0.25, -0.2) is 4.39 Å². The van der Waals surface area contributed by atoms with Gasteiger partial charge in [-0.2, -0.15) is 0 Å². The van der Waals surface area contributed by atoms with Crippen LogP contribution < -0.4 is 10.2 Å². The molecule has 2 unspecified atom stereocenters. The largest absolute Gasteiger partial charge is 0.421 e. The van der Waals surface area contributed by atoms with Crippen LogP contribution in [0.2, 0.25) is 0 Å². The Kier molecular flexibility index (Phi) is 7.34. The highest BCUT2D eigenvalue weighted by Gasteiger charge is 2.24. The molecule has 4 rings (SSSR count). The van der Waals surface area contributed by atoms with E-state index >= 15 is 0 Å². The first kappa shape index (κ1) is 22.9. The molecule has 174 valence electrons. The Balaban J connectivity index is 1.22. The molecule has 1 N–H and O–H groups in total. The van der Waals surface area contributed by atoms with Crippen molar-refractivity contribution in [1.82, 2.24) is 15.5 Å². The number of amides is 1. The van der Waals surface area contributed by atoms with Crippen LogP contribution in [0.5, 0.6) is 0 Å². The predicted octanol–water partition coefficient (Wildman–Crippen LogP) is 4.13. The molecule has 1 aliphatic heterocycles. The molecular weight excluding hydrogens is 423 g/mol. The number of hydrogen-bond acceptors (Lipinski definition) is 6. The molecule has 0 spiro atoms. The van der Waals surface area contributed by atoms with Gasteiger partial charge in [-0.15, -0.1) is 10.2 Å². The molecule has 3 aromatic rings. The normalized spacial score (nSPS) is 18.3. The monoisotopic (exact) mass is 452 g/mol. The van der Waals surface area contributed by atoms with E-state index in [4.69, 9.17) is 9.15 Å². The van der Waals surface area contributed by atoms with Crippen LogP contribution >= 0.6 is 0 Å². The number of aromatic nitrogens is 2. The number of rotatable bonds is 8. The first-order valence-electron chi connectivity index (χ1n) is 11.3. The van der Waals surface area contributed by atoms with Gasteiger partial charge in [0.2, 0.25) is 17.7 Å². The van der Waals surface area contributed by atoms with Crippen LogP contribution in [0.1, 0.15) is 38.1 Å². The van der Waals surface area contributed by atoms with E-state index in [9.17, 15) is 9.18 Å². The molecule has 0 bridgehead atoms. The topological polar surface area (TPSA) is 80.5 Å². The summed E-state index contributed by atoms with van der Waals surface area (Å²) >= 11 is 0. The van der Waals surface area contributed by atoms with Gasteiger partial charge >= 0.3 is 0 Å². The zero-order valence-electron chi connectivity index (χ0n) is 19.0. The van der Waals surface area contributed by atoms with Crippen LogP contribution in [0.4, 0.5) is 10.1 Å². The predicted molar refractivity (Wildman–Crippen MR) is 123 cm³/mol. The molecule has 7 nitrogen and oxygen atoms in total. The maximum absolute atomic E-state index is 14.7. The Morgan fingerprint density at radius 1 is 1.12 bits per heavy atom. The van der Waals surface area contributed by atoms with Gasteiger partial charge in [0, 0.05) is 38.0 Å². The Bertz CT molecular complexity index is 1060. The lowest BCUT2D eigenvalue weighted by Crippen LogP contribution is -2.45. The molecule has 2 heterocycles. The summed E-state index contributed by atoms with van der Waals surface area (Å²) < 4.78 is 26.1. The maximum Gasteiger partial charge on any atom is 0.247 e.